The van der Waals surface area contributed by atoms with Crippen molar-refractivity contribution < 1.29 is 9.53 Å². The number of ether oxygens (including phenoxy) is 1. The Hall–Kier alpha value is -2.91. The maximum Gasteiger partial charge on any atom is 0.260 e. The van der Waals surface area contributed by atoms with Gasteiger partial charge in [-0.3, -0.25) is 4.79 Å². The molecule has 1 heterocycles. The summed E-state index contributed by atoms with van der Waals surface area (Å²) in [5, 5.41) is 9.95. The molecule has 0 saturated heterocycles. The molecular formula is C19H17N3O2S. The van der Waals surface area contributed by atoms with Gasteiger partial charge in [-0.1, -0.05) is 24.3 Å². The van der Waals surface area contributed by atoms with Crippen LogP contribution in [0.5, 0.6) is 5.75 Å². The molecule has 0 aliphatic carbocycles. The van der Waals surface area contributed by atoms with Gasteiger partial charge >= 0.3 is 0 Å². The third-order valence-corrected chi connectivity index (χ3v) is 5.21. The van der Waals surface area contributed by atoms with E-state index < -0.39 is 0 Å². The molecule has 1 aromatic heterocycles. The number of amides is 1. The van der Waals surface area contributed by atoms with Crippen molar-refractivity contribution in [3.05, 3.63) is 59.1 Å². The van der Waals surface area contributed by atoms with Crippen LogP contribution < -0.4 is 4.74 Å². The summed E-state index contributed by atoms with van der Waals surface area (Å²) in [4.78, 5) is 18.7. The first-order chi connectivity index (χ1) is 12.1. The molecule has 0 radical (unpaired) electrons. The fraction of sp³-hybridized carbons (Fsp3) is 0.211. The summed E-state index contributed by atoms with van der Waals surface area (Å²) in [5.41, 5.74) is 1.35. The molecule has 0 aliphatic heterocycles. The number of benzene rings is 2. The lowest BCUT2D eigenvalue weighted by atomic mass is 10.2. The van der Waals surface area contributed by atoms with E-state index in [1.54, 1.807) is 47.5 Å². The van der Waals surface area contributed by atoms with Crippen molar-refractivity contribution in [3.63, 3.8) is 0 Å². The van der Waals surface area contributed by atoms with E-state index in [0.717, 1.165) is 15.2 Å². The molecule has 126 valence electrons. The van der Waals surface area contributed by atoms with Crippen LogP contribution in [-0.4, -0.2) is 29.4 Å². The van der Waals surface area contributed by atoms with Crippen LogP contribution in [0, 0.1) is 11.3 Å². The highest BCUT2D eigenvalue weighted by molar-refractivity contribution is 7.18. The number of likely N-dealkylation sites (N-methyl/N-ethyl adjacent to an activating group) is 1. The van der Waals surface area contributed by atoms with E-state index in [1.807, 2.05) is 31.2 Å². The molecule has 0 aliphatic rings. The highest BCUT2D eigenvalue weighted by atomic mass is 32.1. The fourth-order valence-electron chi connectivity index (χ4n) is 2.38. The van der Waals surface area contributed by atoms with Crippen LogP contribution in [0.25, 0.3) is 10.2 Å². The number of thiazole rings is 1. The Bertz CT molecular complexity index is 912. The van der Waals surface area contributed by atoms with E-state index in [9.17, 15) is 4.79 Å². The Morgan fingerprint density at radius 3 is 2.76 bits per heavy atom. The number of hydrogen-bond donors (Lipinski definition) is 0. The summed E-state index contributed by atoms with van der Waals surface area (Å²) in [6.45, 7) is 1.82. The molecule has 0 bridgehead atoms. The zero-order chi connectivity index (χ0) is 17.8. The van der Waals surface area contributed by atoms with Crippen LogP contribution >= 0.6 is 11.3 Å². The highest BCUT2D eigenvalue weighted by Crippen LogP contribution is 2.29. The molecule has 0 saturated carbocycles. The van der Waals surface area contributed by atoms with Gasteiger partial charge in [0.1, 0.15) is 16.8 Å². The summed E-state index contributed by atoms with van der Waals surface area (Å²) in [6, 6.07) is 16.7. The minimum atomic E-state index is -0.167. The second-order valence-electron chi connectivity index (χ2n) is 5.60. The molecular weight excluding hydrogens is 334 g/mol. The molecule has 0 unspecified atom stereocenters. The van der Waals surface area contributed by atoms with Gasteiger partial charge in [0, 0.05) is 7.05 Å². The lowest BCUT2D eigenvalue weighted by Gasteiger charge is -2.23. The van der Waals surface area contributed by atoms with E-state index in [-0.39, 0.29) is 18.6 Å². The van der Waals surface area contributed by atoms with Gasteiger partial charge in [0.2, 0.25) is 0 Å². The zero-order valence-electron chi connectivity index (χ0n) is 14.0. The first-order valence-electron chi connectivity index (χ1n) is 7.83. The van der Waals surface area contributed by atoms with Crippen LogP contribution in [0.4, 0.5) is 0 Å². The van der Waals surface area contributed by atoms with Gasteiger partial charge in [-0.15, -0.1) is 11.3 Å². The predicted molar refractivity (Wildman–Crippen MR) is 97.5 cm³/mol. The monoisotopic (exact) mass is 351 g/mol. The Morgan fingerprint density at radius 2 is 2.00 bits per heavy atom. The van der Waals surface area contributed by atoms with Crippen molar-refractivity contribution >= 4 is 27.5 Å². The van der Waals surface area contributed by atoms with Crippen LogP contribution in [0.2, 0.25) is 0 Å². The topological polar surface area (TPSA) is 66.2 Å². The molecule has 2 aromatic carbocycles. The molecule has 3 aromatic rings. The number of rotatable bonds is 5. The largest absolute Gasteiger partial charge is 0.482 e. The lowest BCUT2D eigenvalue weighted by molar-refractivity contribution is -0.134. The van der Waals surface area contributed by atoms with E-state index in [1.165, 1.54) is 0 Å². The summed E-state index contributed by atoms with van der Waals surface area (Å²) in [6.07, 6.45) is 0. The Kier molecular flexibility index (Phi) is 4.96. The van der Waals surface area contributed by atoms with Gasteiger partial charge in [-0.25, -0.2) is 4.98 Å². The van der Waals surface area contributed by atoms with Crippen molar-refractivity contribution in [3.8, 4) is 11.8 Å². The van der Waals surface area contributed by atoms with Crippen LogP contribution in [0.1, 0.15) is 23.5 Å². The van der Waals surface area contributed by atoms with E-state index >= 15 is 0 Å². The molecule has 25 heavy (non-hydrogen) atoms. The van der Waals surface area contributed by atoms with Crippen molar-refractivity contribution in [1.82, 2.24) is 9.88 Å². The maximum absolute atomic E-state index is 12.4. The molecule has 3 rings (SSSR count). The minimum absolute atomic E-state index is 0.121. The number of hydrogen-bond acceptors (Lipinski definition) is 5. The normalized spacial score (nSPS) is 11.7. The number of aromatic nitrogens is 1. The van der Waals surface area contributed by atoms with Crippen molar-refractivity contribution in [2.75, 3.05) is 13.7 Å². The standard InChI is InChI=1S/C19H17N3O2S/c1-13(19-21-15-8-4-6-10-17(15)25-19)22(2)18(23)12-24-16-9-5-3-7-14(16)11-20/h3-10,13H,12H2,1-2H3/t13-/m0/s1. The molecule has 6 heteroatoms. The van der Waals surface area contributed by atoms with E-state index in [2.05, 4.69) is 11.1 Å². The van der Waals surface area contributed by atoms with E-state index in [4.69, 9.17) is 10.00 Å². The van der Waals surface area contributed by atoms with Crippen LogP contribution in [-0.2, 0) is 4.79 Å². The number of nitriles is 1. The Balaban J connectivity index is 1.68. The lowest BCUT2D eigenvalue weighted by Crippen LogP contribution is -2.33. The van der Waals surface area contributed by atoms with E-state index in [0.29, 0.717) is 11.3 Å². The third-order valence-electron chi connectivity index (χ3n) is 4.00. The highest BCUT2D eigenvalue weighted by Gasteiger charge is 2.21. The molecule has 0 fully saturated rings. The number of carbonyl (C=O) groups excluding carboxylic acids is 1. The molecule has 1 atom stereocenters. The van der Waals surface area contributed by atoms with Crippen LogP contribution in [0.3, 0.4) is 0 Å². The first-order valence-corrected chi connectivity index (χ1v) is 8.65. The minimum Gasteiger partial charge on any atom is -0.482 e. The second kappa shape index (κ2) is 7.32. The Morgan fingerprint density at radius 1 is 1.28 bits per heavy atom. The van der Waals surface area contributed by atoms with Crippen LogP contribution in [0.15, 0.2) is 48.5 Å². The predicted octanol–water partition coefficient (Wildman–Crippen LogP) is 3.77. The van der Waals surface area contributed by atoms with Gasteiger partial charge < -0.3 is 9.64 Å². The average Bonchev–Trinajstić information content (AvgIpc) is 3.09. The molecule has 0 N–H and O–H groups in total. The van der Waals surface area contributed by atoms with Gasteiger partial charge in [-0.2, -0.15) is 5.26 Å². The smallest absolute Gasteiger partial charge is 0.260 e. The zero-order valence-corrected chi connectivity index (χ0v) is 14.8. The number of nitrogens with zero attached hydrogens (tertiary/aromatic N) is 3. The summed E-state index contributed by atoms with van der Waals surface area (Å²) >= 11 is 1.58. The summed E-state index contributed by atoms with van der Waals surface area (Å²) < 4.78 is 6.63. The van der Waals surface area contributed by atoms with Gasteiger partial charge in [0.25, 0.3) is 5.91 Å². The SMILES string of the molecule is C[C@@H](c1nc2ccccc2s1)N(C)C(=O)COc1ccccc1C#N. The third kappa shape index (κ3) is 3.62. The van der Waals surface area contributed by atoms with Gasteiger partial charge in [-0.05, 0) is 31.2 Å². The molecule has 5 nitrogen and oxygen atoms in total. The summed E-state index contributed by atoms with van der Waals surface area (Å²) in [5.74, 6) is 0.249. The van der Waals surface area contributed by atoms with Crippen molar-refractivity contribution in [2.24, 2.45) is 0 Å². The number of fused-ring (bicyclic) bond motifs is 1. The van der Waals surface area contributed by atoms with Crippen molar-refractivity contribution in [1.29, 1.82) is 5.26 Å². The average molecular weight is 351 g/mol. The molecule has 0 spiro atoms. The molecule has 1 amide bonds. The van der Waals surface area contributed by atoms with Crippen molar-refractivity contribution in [2.45, 2.75) is 13.0 Å². The number of para-hydroxylation sites is 2. The first kappa shape index (κ1) is 16.9. The fourth-order valence-corrected chi connectivity index (χ4v) is 3.44. The maximum atomic E-state index is 12.4. The second-order valence-corrected chi connectivity index (χ2v) is 6.66. The number of carbonyl (C=O) groups is 1. The van der Waals surface area contributed by atoms with Gasteiger partial charge in [0.05, 0.1) is 21.8 Å². The summed E-state index contributed by atoms with van der Waals surface area (Å²) in [7, 11) is 1.73. The van der Waals surface area contributed by atoms with Gasteiger partial charge in [0.15, 0.2) is 6.61 Å². The quantitative estimate of drug-likeness (QED) is 0.702. The Labute approximate surface area is 150 Å².